The van der Waals surface area contributed by atoms with Gasteiger partial charge in [0.15, 0.2) is 15.8 Å². The van der Waals surface area contributed by atoms with Gasteiger partial charge >= 0.3 is 0 Å². The molecule has 1 unspecified atom stereocenters. The Morgan fingerprint density at radius 1 is 1.26 bits per heavy atom. The monoisotopic (exact) mass is 403 g/mol. The highest BCUT2D eigenvalue weighted by molar-refractivity contribution is 7.91. The zero-order valence-electron chi connectivity index (χ0n) is 16.6. The van der Waals surface area contributed by atoms with E-state index in [2.05, 4.69) is 39.7 Å². The summed E-state index contributed by atoms with van der Waals surface area (Å²) >= 11 is 0. The Kier molecular flexibility index (Phi) is 7.87. The molecule has 0 aromatic carbocycles. The second kappa shape index (κ2) is 9.70. The number of nitrogens with zero attached hydrogens (tertiary/aromatic N) is 2. The van der Waals surface area contributed by atoms with Crippen molar-refractivity contribution in [2.75, 3.05) is 57.9 Å². The van der Waals surface area contributed by atoms with Crippen molar-refractivity contribution in [1.82, 2.24) is 20.9 Å². The zero-order chi connectivity index (χ0) is 19.9. The first-order chi connectivity index (χ1) is 12.7. The summed E-state index contributed by atoms with van der Waals surface area (Å²) in [7, 11) is -1.29. The van der Waals surface area contributed by atoms with Crippen LogP contribution in [0.3, 0.4) is 0 Å². The molecule has 0 aliphatic carbocycles. The number of guanidine groups is 1. The van der Waals surface area contributed by atoms with Crippen molar-refractivity contribution in [3.8, 4) is 0 Å². The minimum Gasteiger partial charge on any atom is -0.379 e. The number of amides is 1. The highest BCUT2D eigenvalue weighted by atomic mass is 32.2. The first kappa shape index (κ1) is 21.9. The van der Waals surface area contributed by atoms with Crippen LogP contribution in [0, 0.1) is 0 Å². The van der Waals surface area contributed by atoms with Crippen molar-refractivity contribution in [2.24, 2.45) is 4.99 Å². The number of carbonyl (C=O) groups excluding carboxylic acids is 1. The van der Waals surface area contributed by atoms with E-state index >= 15 is 0 Å². The molecule has 2 aliphatic rings. The highest BCUT2D eigenvalue weighted by Crippen LogP contribution is 2.15. The lowest BCUT2D eigenvalue weighted by Crippen LogP contribution is -2.56. The quantitative estimate of drug-likeness (QED) is 0.367. The van der Waals surface area contributed by atoms with Crippen LogP contribution in [-0.2, 0) is 19.4 Å². The Hall–Kier alpha value is -1.39. The molecule has 27 heavy (non-hydrogen) atoms. The third-order valence-corrected chi connectivity index (χ3v) is 6.79. The van der Waals surface area contributed by atoms with Crippen molar-refractivity contribution in [2.45, 2.75) is 38.3 Å². The first-order valence-electron chi connectivity index (χ1n) is 9.49. The molecule has 2 saturated heterocycles. The number of hydrogen-bond acceptors (Lipinski definition) is 6. The number of hydrogen-bond donors (Lipinski definition) is 3. The van der Waals surface area contributed by atoms with Crippen LogP contribution >= 0.6 is 0 Å². The Bertz CT molecular complexity index is 629. The molecule has 2 fully saturated rings. The number of nitrogens with one attached hydrogen (secondary N) is 3. The maximum absolute atomic E-state index is 12.0. The molecule has 0 aromatic rings. The first-order valence-corrected chi connectivity index (χ1v) is 11.3. The van der Waals surface area contributed by atoms with E-state index < -0.39 is 9.84 Å². The summed E-state index contributed by atoms with van der Waals surface area (Å²) in [6.07, 6.45) is 0.769. The number of carbonyl (C=O) groups is 1. The number of rotatable bonds is 7. The number of sulfone groups is 1. The van der Waals surface area contributed by atoms with Crippen molar-refractivity contribution < 1.29 is 17.9 Å². The number of aliphatic imine (C=N–C) groups is 1. The fraction of sp³-hybridized carbons (Fsp3) is 0.882. The summed E-state index contributed by atoms with van der Waals surface area (Å²) in [5, 5.41) is 9.23. The van der Waals surface area contributed by atoms with E-state index in [4.69, 9.17) is 4.74 Å². The SMILES string of the molecule is CN=C(NCCC(=O)NC1CCS(=O)(=O)C1)NCC(C)(C)N1CCOCC1. The summed E-state index contributed by atoms with van der Waals surface area (Å²) in [5.74, 6) is 0.707. The van der Waals surface area contributed by atoms with Crippen LogP contribution in [0.15, 0.2) is 4.99 Å². The Balaban J connectivity index is 1.67. The summed E-state index contributed by atoms with van der Waals surface area (Å²) in [5.41, 5.74) is -0.0350. The molecule has 0 aromatic heterocycles. The van der Waals surface area contributed by atoms with Crippen LogP contribution < -0.4 is 16.0 Å². The lowest BCUT2D eigenvalue weighted by atomic mass is 10.0. The predicted octanol–water partition coefficient (Wildman–Crippen LogP) is -1.04. The predicted molar refractivity (Wildman–Crippen MR) is 106 cm³/mol. The van der Waals surface area contributed by atoms with Crippen molar-refractivity contribution in [3.05, 3.63) is 0 Å². The van der Waals surface area contributed by atoms with Crippen molar-refractivity contribution in [3.63, 3.8) is 0 Å². The fourth-order valence-electron chi connectivity index (χ4n) is 3.30. The standard InChI is InChI=1S/C17H33N5O4S/c1-17(2,22-7-9-26-10-8-22)13-20-16(18-3)19-6-4-15(23)21-14-5-11-27(24,25)12-14/h14H,4-13H2,1-3H3,(H,21,23)(H2,18,19,20). The molecule has 2 heterocycles. The third-order valence-electron chi connectivity index (χ3n) is 5.02. The van der Waals surface area contributed by atoms with Gasteiger partial charge in [-0.15, -0.1) is 0 Å². The van der Waals surface area contributed by atoms with Crippen LogP contribution in [0.4, 0.5) is 0 Å². The largest absolute Gasteiger partial charge is 0.379 e. The van der Waals surface area contributed by atoms with E-state index in [-0.39, 0.29) is 35.4 Å². The molecule has 9 nitrogen and oxygen atoms in total. The lowest BCUT2D eigenvalue weighted by molar-refractivity contribution is -0.121. The van der Waals surface area contributed by atoms with Crippen LogP contribution in [-0.4, -0.2) is 94.7 Å². The van der Waals surface area contributed by atoms with Crippen LogP contribution in [0.1, 0.15) is 26.7 Å². The molecule has 1 atom stereocenters. The molecule has 10 heteroatoms. The van der Waals surface area contributed by atoms with Gasteiger partial charge in [0, 0.05) is 51.2 Å². The maximum atomic E-state index is 12.0. The molecular formula is C17H33N5O4S. The van der Waals surface area contributed by atoms with Gasteiger partial charge in [-0.2, -0.15) is 0 Å². The minimum absolute atomic E-state index is 0.0350. The van der Waals surface area contributed by atoms with Crippen LogP contribution in [0.2, 0.25) is 0 Å². The molecule has 0 radical (unpaired) electrons. The average molecular weight is 404 g/mol. The second-order valence-electron chi connectivity index (χ2n) is 7.68. The van der Waals surface area contributed by atoms with Gasteiger partial charge in [-0.3, -0.25) is 14.7 Å². The van der Waals surface area contributed by atoms with Gasteiger partial charge in [0.2, 0.25) is 5.91 Å². The van der Waals surface area contributed by atoms with E-state index in [0.29, 0.717) is 18.9 Å². The van der Waals surface area contributed by atoms with Gasteiger partial charge in [-0.25, -0.2) is 8.42 Å². The summed E-state index contributed by atoms with van der Waals surface area (Å²) < 4.78 is 28.3. The van der Waals surface area contributed by atoms with Gasteiger partial charge < -0.3 is 20.7 Å². The maximum Gasteiger partial charge on any atom is 0.222 e. The Morgan fingerprint density at radius 3 is 2.56 bits per heavy atom. The summed E-state index contributed by atoms with van der Waals surface area (Å²) in [4.78, 5) is 18.6. The van der Waals surface area contributed by atoms with Gasteiger partial charge in [-0.05, 0) is 20.3 Å². The van der Waals surface area contributed by atoms with Crippen LogP contribution in [0.5, 0.6) is 0 Å². The normalized spacial score (nSPS) is 23.8. The lowest BCUT2D eigenvalue weighted by Gasteiger charge is -2.41. The van der Waals surface area contributed by atoms with E-state index in [1.807, 2.05) is 0 Å². The molecule has 2 aliphatic heterocycles. The molecule has 0 spiro atoms. The van der Waals surface area contributed by atoms with Crippen molar-refractivity contribution in [1.29, 1.82) is 0 Å². The van der Waals surface area contributed by atoms with Crippen LogP contribution in [0.25, 0.3) is 0 Å². The number of morpholine rings is 1. The molecular weight excluding hydrogens is 370 g/mol. The van der Waals surface area contributed by atoms with Gasteiger partial charge in [0.05, 0.1) is 24.7 Å². The molecule has 0 bridgehead atoms. The number of ether oxygens (including phenoxy) is 1. The van der Waals surface area contributed by atoms with Gasteiger partial charge in [-0.1, -0.05) is 0 Å². The van der Waals surface area contributed by atoms with Gasteiger partial charge in [0.25, 0.3) is 0 Å². The van der Waals surface area contributed by atoms with E-state index in [9.17, 15) is 13.2 Å². The molecule has 1 amide bonds. The minimum atomic E-state index is -2.98. The van der Waals surface area contributed by atoms with Gasteiger partial charge in [0.1, 0.15) is 0 Å². The topological polar surface area (TPSA) is 112 Å². The smallest absolute Gasteiger partial charge is 0.222 e. The summed E-state index contributed by atoms with van der Waals surface area (Å²) in [6.45, 7) is 8.86. The van der Waals surface area contributed by atoms with E-state index in [1.165, 1.54) is 0 Å². The summed E-state index contributed by atoms with van der Waals surface area (Å²) in [6, 6.07) is -0.255. The fourth-order valence-corrected chi connectivity index (χ4v) is 4.98. The van der Waals surface area contributed by atoms with E-state index in [0.717, 1.165) is 32.8 Å². The molecule has 2 rings (SSSR count). The Morgan fingerprint density at radius 2 is 1.96 bits per heavy atom. The molecule has 0 saturated carbocycles. The third kappa shape index (κ3) is 7.27. The second-order valence-corrected chi connectivity index (χ2v) is 9.91. The highest BCUT2D eigenvalue weighted by Gasteiger charge is 2.29. The molecule has 3 N–H and O–H groups in total. The van der Waals surface area contributed by atoms with E-state index in [1.54, 1.807) is 7.05 Å². The zero-order valence-corrected chi connectivity index (χ0v) is 17.4. The van der Waals surface area contributed by atoms with Crippen molar-refractivity contribution >= 4 is 21.7 Å². The average Bonchev–Trinajstić information content (AvgIpc) is 2.97. The molecule has 156 valence electrons. The Labute approximate surface area is 162 Å².